The van der Waals surface area contributed by atoms with Crippen LogP contribution < -0.4 is 14.8 Å². The van der Waals surface area contributed by atoms with Gasteiger partial charge in [0.25, 0.3) is 5.91 Å². The third-order valence-corrected chi connectivity index (χ3v) is 6.70. The van der Waals surface area contributed by atoms with Crippen molar-refractivity contribution in [2.75, 3.05) is 12.1 Å². The highest BCUT2D eigenvalue weighted by Gasteiger charge is 2.36. The minimum absolute atomic E-state index is 0.0170. The highest BCUT2D eigenvalue weighted by molar-refractivity contribution is 6.01. The third kappa shape index (κ3) is 3.79. The summed E-state index contributed by atoms with van der Waals surface area (Å²) in [5, 5.41) is 8.47. The summed E-state index contributed by atoms with van der Waals surface area (Å²) >= 11 is 0. The van der Waals surface area contributed by atoms with Gasteiger partial charge in [0, 0.05) is 23.5 Å². The van der Waals surface area contributed by atoms with Crippen LogP contribution in [0.5, 0.6) is 11.5 Å². The maximum absolute atomic E-state index is 13.8. The second-order valence-electron chi connectivity index (χ2n) is 8.94. The zero-order valence-electron chi connectivity index (χ0n) is 19.7. The molecule has 0 saturated heterocycles. The van der Waals surface area contributed by atoms with Gasteiger partial charge in [-0.2, -0.15) is 5.10 Å². The largest absolute Gasteiger partial charge is 0.454 e. The summed E-state index contributed by atoms with van der Waals surface area (Å²) in [5.41, 5.74) is 6.60. The SMILES string of the molecule is Cc1nn(Cc2ccccc2)c(C)c1C1Nc2ccccc2C(=O)N1Cc1ccc2c(c1)OCO2. The number of hydrogen-bond donors (Lipinski definition) is 1. The van der Waals surface area contributed by atoms with E-state index in [4.69, 9.17) is 14.6 Å². The minimum atomic E-state index is -0.354. The molecule has 0 fully saturated rings. The molecule has 3 heterocycles. The van der Waals surface area contributed by atoms with E-state index in [0.29, 0.717) is 24.4 Å². The Balaban J connectivity index is 1.39. The van der Waals surface area contributed by atoms with Crippen LogP contribution in [0.25, 0.3) is 0 Å². The van der Waals surface area contributed by atoms with Gasteiger partial charge < -0.3 is 19.7 Å². The normalized spacial score (nSPS) is 16.2. The van der Waals surface area contributed by atoms with Crippen LogP contribution in [0.2, 0.25) is 0 Å². The lowest BCUT2D eigenvalue weighted by Crippen LogP contribution is -2.42. The molecule has 0 spiro atoms. The first-order chi connectivity index (χ1) is 17.1. The average Bonchev–Trinajstić information content (AvgIpc) is 3.45. The summed E-state index contributed by atoms with van der Waals surface area (Å²) in [5.74, 6) is 1.42. The average molecular weight is 467 g/mol. The molecule has 7 nitrogen and oxygen atoms in total. The van der Waals surface area contributed by atoms with E-state index in [1.54, 1.807) is 0 Å². The van der Waals surface area contributed by atoms with Gasteiger partial charge in [-0.3, -0.25) is 9.48 Å². The van der Waals surface area contributed by atoms with Crippen LogP contribution in [0, 0.1) is 13.8 Å². The summed E-state index contributed by atoms with van der Waals surface area (Å²) in [6.07, 6.45) is -0.354. The van der Waals surface area contributed by atoms with Crippen molar-refractivity contribution in [2.24, 2.45) is 0 Å². The van der Waals surface area contributed by atoms with E-state index in [-0.39, 0.29) is 18.9 Å². The van der Waals surface area contributed by atoms with Crippen molar-refractivity contribution in [1.82, 2.24) is 14.7 Å². The number of anilines is 1. The summed E-state index contributed by atoms with van der Waals surface area (Å²) in [6, 6.07) is 23.8. The van der Waals surface area contributed by atoms with Gasteiger partial charge in [0.15, 0.2) is 11.5 Å². The monoisotopic (exact) mass is 466 g/mol. The van der Waals surface area contributed by atoms with Gasteiger partial charge in [-0.25, -0.2) is 0 Å². The Morgan fingerprint density at radius 1 is 0.914 bits per heavy atom. The molecule has 0 radical (unpaired) electrons. The molecule has 2 aliphatic heterocycles. The van der Waals surface area contributed by atoms with Crippen molar-refractivity contribution < 1.29 is 14.3 Å². The fourth-order valence-electron chi connectivity index (χ4n) is 4.94. The number of nitrogens with one attached hydrogen (secondary N) is 1. The molecule has 6 rings (SSSR count). The van der Waals surface area contributed by atoms with Crippen LogP contribution in [-0.4, -0.2) is 27.4 Å². The second kappa shape index (κ2) is 8.51. The topological polar surface area (TPSA) is 68.6 Å². The predicted octanol–water partition coefficient (Wildman–Crippen LogP) is 5.04. The van der Waals surface area contributed by atoms with E-state index in [1.807, 2.05) is 77.2 Å². The van der Waals surface area contributed by atoms with Gasteiger partial charge >= 0.3 is 0 Å². The number of carbonyl (C=O) groups is 1. The van der Waals surface area contributed by atoms with Crippen LogP contribution in [0.15, 0.2) is 72.8 Å². The Morgan fingerprint density at radius 3 is 2.54 bits per heavy atom. The molecule has 176 valence electrons. The van der Waals surface area contributed by atoms with E-state index in [1.165, 1.54) is 5.56 Å². The lowest BCUT2D eigenvalue weighted by molar-refractivity contribution is 0.0665. The van der Waals surface area contributed by atoms with Crippen LogP contribution in [0.3, 0.4) is 0 Å². The number of carbonyl (C=O) groups excluding carboxylic acids is 1. The number of para-hydroxylation sites is 1. The van der Waals surface area contributed by atoms with Crippen molar-refractivity contribution in [2.45, 2.75) is 33.1 Å². The Hall–Kier alpha value is -4.26. The van der Waals surface area contributed by atoms with E-state index in [9.17, 15) is 4.79 Å². The fourth-order valence-corrected chi connectivity index (χ4v) is 4.94. The summed E-state index contributed by atoms with van der Waals surface area (Å²) < 4.78 is 13.0. The molecule has 0 saturated carbocycles. The van der Waals surface area contributed by atoms with Crippen LogP contribution >= 0.6 is 0 Å². The van der Waals surface area contributed by atoms with Gasteiger partial charge in [-0.15, -0.1) is 0 Å². The third-order valence-electron chi connectivity index (χ3n) is 6.70. The first kappa shape index (κ1) is 21.3. The van der Waals surface area contributed by atoms with E-state index in [0.717, 1.165) is 34.0 Å². The van der Waals surface area contributed by atoms with Gasteiger partial charge in [0.1, 0.15) is 6.17 Å². The standard InChI is InChI=1S/C28H26N4O3/c1-18-26(19(2)32(30-18)16-20-8-4-3-5-9-20)27-29-23-11-7-6-10-22(23)28(33)31(27)15-21-12-13-24-25(14-21)35-17-34-24/h3-14,27,29H,15-17H2,1-2H3. The molecule has 1 N–H and O–H groups in total. The van der Waals surface area contributed by atoms with Crippen LogP contribution in [0.1, 0.15) is 44.6 Å². The second-order valence-corrected chi connectivity index (χ2v) is 8.94. The maximum Gasteiger partial charge on any atom is 0.258 e. The van der Waals surface area contributed by atoms with Gasteiger partial charge in [-0.1, -0.05) is 48.5 Å². The Bertz CT molecular complexity index is 1410. The number of rotatable bonds is 5. The van der Waals surface area contributed by atoms with Crippen molar-refractivity contribution in [1.29, 1.82) is 0 Å². The molecule has 2 aliphatic rings. The molecule has 0 aliphatic carbocycles. The fraction of sp³-hybridized carbons (Fsp3) is 0.214. The van der Waals surface area contributed by atoms with Gasteiger partial charge in [0.05, 0.1) is 17.8 Å². The molecule has 0 bridgehead atoms. The lowest BCUT2D eigenvalue weighted by atomic mass is 10.0. The number of amides is 1. The first-order valence-corrected chi connectivity index (χ1v) is 11.7. The molecule has 1 amide bonds. The molecule has 1 atom stereocenters. The molecular weight excluding hydrogens is 440 g/mol. The summed E-state index contributed by atoms with van der Waals surface area (Å²) in [6.45, 7) is 5.40. The summed E-state index contributed by atoms with van der Waals surface area (Å²) in [4.78, 5) is 15.6. The molecule has 1 unspecified atom stereocenters. The molecule has 3 aromatic carbocycles. The number of fused-ring (bicyclic) bond motifs is 2. The van der Waals surface area contributed by atoms with E-state index < -0.39 is 0 Å². The smallest absolute Gasteiger partial charge is 0.258 e. The number of aryl methyl sites for hydroxylation is 1. The number of nitrogens with zero attached hydrogens (tertiary/aromatic N) is 3. The highest BCUT2D eigenvalue weighted by atomic mass is 16.7. The predicted molar refractivity (Wildman–Crippen MR) is 132 cm³/mol. The molecule has 7 heteroatoms. The molecular formula is C28H26N4O3. The number of hydrogen-bond acceptors (Lipinski definition) is 5. The Labute approximate surface area is 203 Å². The minimum Gasteiger partial charge on any atom is -0.454 e. The first-order valence-electron chi connectivity index (χ1n) is 11.7. The van der Waals surface area contributed by atoms with E-state index >= 15 is 0 Å². The van der Waals surface area contributed by atoms with Crippen molar-refractivity contribution in [3.05, 3.63) is 106 Å². The Morgan fingerprint density at radius 2 is 1.69 bits per heavy atom. The molecule has 1 aromatic heterocycles. The van der Waals surface area contributed by atoms with Crippen LogP contribution in [0.4, 0.5) is 5.69 Å². The Kier molecular flexibility index (Phi) is 5.17. The number of aromatic nitrogens is 2. The van der Waals surface area contributed by atoms with Crippen LogP contribution in [-0.2, 0) is 13.1 Å². The van der Waals surface area contributed by atoms with Crippen molar-refractivity contribution >= 4 is 11.6 Å². The number of ether oxygens (including phenoxy) is 2. The quantitative estimate of drug-likeness (QED) is 0.446. The molecule has 35 heavy (non-hydrogen) atoms. The van der Waals surface area contributed by atoms with Gasteiger partial charge in [0.2, 0.25) is 6.79 Å². The zero-order chi connectivity index (χ0) is 23.9. The maximum atomic E-state index is 13.8. The molecule has 4 aromatic rings. The van der Waals surface area contributed by atoms with Crippen molar-refractivity contribution in [3.8, 4) is 11.5 Å². The zero-order valence-corrected chi connectivity index (χ0v) is 19.7. The van der Waals surface area contributed by atoms with E-state index in [2.05, 4.69) is 24.4 Å². The summed E-state index contributed by atoms with van der Waals surface area (Å²) in [7, 11) is 0. The number of benzene rings is 3. The lowest BCUT2D eigenvalue weighted by Gasteiger charge is -2.38. The van der Waals surface area contributed by atoms with Crippen molar-refractivity contribution in [3.63, 3.8) is 0 Å². The highest BCUT2D eigenvalue weighted by Crippen LogP contribution is 2.38. The van der Waals surface area contributed by atoms with Gasteiger partial charge in [-0.05, 0) is 49.2 Å².